The van der Waals surface area contributed by atoms with E-state index in [9.17, 15) is 14.4 Å². The Labute approximate surface area is 256 Å². The van der Waals surface area contributed by atoms with Crippen molar-refractivity contribution in [3.05, 3.63) is 115 Å². The summed E-state index contributed by atoms with van der Waals surface area (Å²) in [6.45, 7) is 11.0. The van der Waals surface area contributed by atoms with Gasteiger partial charge in [-0.15, -0.1) is 0 Å². The summed E-state index contributed by atoms with van der Waals surface area (Å²) in [6, 6.07) is 18.8. The molecular weight excluding hydrogens is 564 g/mol. The molecule has 1 saturated heterocycles. The lowest BCUT2D eigenvalue weighted by atomic mass is 9.98. The highest BCUT2D eigenvalue weighted by Crippen LogP contribution is 2.25. The average molecular weight is 601 g/mol. The van der Waals surface area contributed by atoms with Gasteiger partial charge in [-0.1, -0.05) is 66.2 Å². The third kappa shape index (κ3) is 6.51. The van der Waals surface area contributed by atoms with E-state index in [1.807, 2.05) is 18.2 Å². The lowest BCUT2D eigenvalue weighted by Crippen LogP contribution is -2.48. The van der Waals surface area contributed by atoms with Crippen molar-refractivity contribution in [1.29, 1.82) is 0 Å². The van der Waals surface area contributed by atoms with E-state index in [1.165, 1.54) is 5.56 Å². The molecule has 1 fully saturated rings. The first-order valence-electron chi connectivity index (χ1n) is 14.7. The van der Waals surface area contributed by atoms with Gasteiger partial charge < -0.3 is 4.74 Å². The molecule has 43 heavy (non-hydrogen) atoms. The second-order valence-electron chi connectivity index (χ2n) is 10.8. The van der Waals surface area contributed by atoms with Gasteiger partial charge in [0.15, 0.2) is 0 Å². The molecule has 0 aliphatic carbocycles. The highest BCUT2D eigenvalue weighted by atomic mass is 35.5. The summed E-state index contributed by atoms with van der Waals surface area (Å²) in [5.41, 5.74) is 2.53. The molecule has 1 aromatic heterocycles. The van der Waals surface area contributed by atoms with Gasteiger partial charge in [-0.25, -0.2) is 14.2 Å². The molecule has 0 unspecified atom stereocenters. The van der Waals surface area contributed by atoms with Crippen molar-refractivity contribution in [3.63, 3.8) is 0 Å². The summed E-state index contributed by atoms with van der Waals surface area (Å²) in [7, 11) is 0. The zero-order valence-corrected chi connectivity index (χ0v) is 25.6. The fraction of sp³-hybridized carbons (Fsp3) is 0.324. The van der Waals surface area contributed by atoms with Gasteiger partial charge in [-0.2, -0.15) is 0 Å². The van der Waals surface area contributed by atoms with Crippen LogP contribution in [0.1, 0.15) is 34.0 Å². The Hall–Kier alpha value is -3.98. The largest absolute Gasteiger partial charge is 0.462 e. The molecule has 0 N–H and O–H groups in total. The van der Waals surface area contributed by atoms with Crippen LogP contribution in [0.25, 0.3) is 22.7 Å². The Morgan fingerprint density at radius 2 is 1.60 bits per heavy atom. The molecule has 224 valence electrons. The van der Waals surface area contributed by atoms with Crippen LogP contribution in [0, 0.1) is 13.8 Å². The van der Waals surface area contributed by atoms with Gasteiger partial charge in [0.05, 0.1) is 33.8 Å². The van der Waals surface area contributed by atoms with Gasteiger partial charge in [0, 0.05) is 45.8 Å². The number of carbonyl (C=O) groups is 1. The number of para-hydroxylation sites is 1. The molecule has 0 spiro atoms. The molecule has 5 rings (SSSR count). The number of benzene rings is 3. The van der Waals surface area contributed by atoms with E-state index in [0.717, 1.165) is 37.3 Å². The van der Waals surface area contributed by atoms with Gasteiger partial charge in [0.2, 0.25) is 0 Å². The molecule has 0 bridgehead atoms. The number of fused-ring (bicyclic) bond motifs is 1. The molecule has 0 amide bonds. The molecule has 0 radical (unpaired) electrons. The number of aromatic nitrogens is 2. The van der Waals surface area contributed by atoms with Crippen molar-refractivity contribution < 1.29 is 9.53 Å². The number of nitrogens with zero attached hydrogens (tertiary/aromatic N) is 4. The Morgan fingerprint density at radius 3 is 2.30 bits per heavy atom. The Balaban J connectivity index is 1.44. The number of rotatable bonds is 9. The SMILES string of the molecule is CCOC(=O)c1c(C)cc2c(c1C)c(=O)n(-c1ccccc1Cl)c(=O)n2CCN1CCN(C/C=C/c2ccccc2)CC1. The van der Waals surface area contributed by atoms with Crippen LogP contribution in [-0.4, -0.2) is 70.8 Å². The smallest absolute Gasteiger partial charge is 0.338 e. The maximum absolute atomic E-state index is 14.0. The molecule has 9 heteroatoms. The first-order chi connectivity index (χ1) is 20.8. The first kappa shape index (κ1) is 30.5. The molecule has 0 atom stereocenters. The van der Waals surface area contributed by atoms with Crippen LogP contribution < -0.4 is 11.2 Å². The van der Waals surface area contributed by atoms with Crippen LogP contribution in [0.15, 0.2) is 76.3 Å². The van der Waals surface area contributed by atoms with Crippen molar-refractivity contribution >= 4 is 34.5 Å². The molecule has 2 heterocycles. The lowest BCUT2D eigenvalue weighted by Gasteiger charge is -2.34. The summed E-state index contributed by atoms with van der Waals surface area (Å²) < 4.78 is 8.06. The highest BCUT2D eigenvalue weighted by Gasteiger charge is 2.24. The van der Waals surface area contributed by atoms with Gasteiger partial charge >= 0.3 is 11.7 Å². The second-order valence-corrected chi connectivity index (χ2v) is 11.2. The van der Waals surface area contributed by atoms with Crippen molar-refractivity contribution in [2.75, 3.05) is 45.9 Å². The third-order valence-corrected chi connectivity index (χ3v) is 8.35. The topological polar surface area (TPSA) is 76.8 Å². The molecule has 8 nitrogen and oxygen atoms in total. The van der Waals surface area contributed by atoms with Gasteiger partial charge in [-0.05, 0) is 55.7 Å². The quantitative estimate of drug-likeness (QED) is 0.254. The minimum absolute atomic E-state index is 0.218. The number of esters is 1. The van der Waals surface area contributed by atoms with E-state index in [1.54, 1.807) is 55.7 Å². The fourth-order valence-electron chi connectivity index (χ4n) is 5.79. The summed E-state index contributed by atoms with van der Waals surface area (Å²) in [6.07, 6.45) is 4.35. The standard InChI is InChI=1S/C34H37ClN4O4/c1-4-43-33(41)30-24(2)23-29-31(25(30)3)32(40)39(28-15-9-8-14-27(28)35)34(42)38(29)22-21-37-19-17-36(18-20-37)16-10-13-26-11-6-5-7-12-26/h5-15,23H,4,16-22H2,1-3H3/b13-10+. The number of carbonyl (C=O) groups excluding carboxylic acids is 1. The minimum atomic E-state index is -0.510. The van der Waals surface area contributed by atoms with Crippen LogP contribution in [0.2, 0.25) is 5.02 Å². The molecule has 1 aliphatic rings. The fourth-order valence-corrected chi connectivity index (χ4v) is 6.01. The maximum atomic E-state index is 14.0. The van der Waals surface area contributed by atoms with E-state index >= 15 is 0 Å². The van der Waals surface area contributed by atoms with Gasteiger partial charge in [0.25, 0.3) is 5.56 Å². The lowest BCUT2D eigenvalue weighted by molar-refractivity contribution is 0.0525. The van der Waals surface area contributed by atoms with Crippen LogP contribution in [0.5, 0.6) is 0 Å². The minimum Gasteiger partial charge on any atom is -0.462 e. The van der Waals surface area contributed by atoms with Gasteiger partial charge in [0.1, 0.15) is 0 Å². The van der Waals surface area contributed by atoms with Crippen molar-refractivity contribution in [2.45, 2.75) is 27.3 Å². The van der Waals surface area contributed by atoms with Crippen molar-refractivity contribution in [1.82, 2.24) is 18.9 Å². The third-order valence-electron chi connectivity index (χ3n) is 8.03. The second kappa shape index (κ2) is 13.5. The zero-order valence-electron chi connectivity index (χ0n) is 24.9. The van der Waals surface area contributed by atoms with E-state index in [2.05, 4.69) is 34.1 Å². The summed E-state index contributed by atoms with van der Waals surface area (Å²) >= 11 is 6.48. The number of piperazine rings is 1. The maximum Gasteiger partial charge on any atom is 0.338 e. The van der Waals surface area contributed by atoms with Crippen LogP contribution in [0.3, 0.4) is 0 Å². The van der Waals surface area contributed by atoms with Crippen molar-refractivity contribution in [2.24, 2.45) is 0 Å². The molecular formula is C34H37ClN4O4. The normalized spacial score (nSPS) is 14.5. The summed E-state index contributed by atoms with van der Waals surface area (Å²) in [4.78, 5) is 45.6. The molecule has 0 saturated carbocycles. The number of ether oxygens (including phenoxy) is 1. The van der Waals surface area contributed by atoms with E-state index in [4.69, 9.17) is 16.3 Å². The number of hydrogen-bond acceptors (Lipinski definition) is 6. The molecule has 3 aromatic carbocycles. The van der Waals surface area contributed by atoms with E-state index in [-0.39, 0.29) is 6.61 Å². The van der Waals surface area contributed by atoms with E-state index in [0.29, 0.717) is 51.4 Å². The number of aryl methyl sites for hydroxylation is 2. The first-order valence-corrected chi connectivity index (χ1v) is 15.1. The predicted molar refractivity (Wildman–Crippen MR) is 173 cm³/mol. The van der Waals surface area contributed by atoms with Crippen molar-refractivity contribution in [3.8, 4) is 5.69 Å². The average Bonchev–Trinajstić information content (AvgIpc) is 2.99. The van der Waals surface area contributed by atoms with Gasteiger partial charge in [-0.3, -0.25) is 19.2 Å². The van der Waals surface area contributed by atoms with E-state index < -0.39 is 17.2 Å². The monoisotopic (exact) mass is 600 g/mol. The Bertz CT molecular complexity index is 1770. The number of hydrogen-bond donors (Lipinski definition) is 0. The number of halogens is 1. The summed E-state index contributed by atoms with van der Waals surface area (Å²) in [5, 5.41) is 0.601. The Morgan fingerprint density at radius 1 is 0.930 bits per heavy atom. The van der Waals surface area contributed by atoms with Crippen LogP contribution in [0.4, 0.5) is 0 Å². The predicted octanol–water partition coefficient (Wildman–Crippen LogP) is 4.93. The zero-order chi connectivity index (χ0) is 30.5. The highest BCUT2D eigenvalue weighted by molar-refractivity contribution is 6.32. The summed E-state index contributed by atoms with van der Waals surface area (Å²) in [5.74, 6) is -0.489. The Kier molecular flexibility index (Phi) is 9.60. The molecule has 1 aliphatic heterocycles. The van der Waals surface area contributed by atoms with Crippen LogP contribution in [-0.2, 0) is 11.3 Å². The van der Waals surface area contributed by atoms with Crippen LogP contribution >= 0.6 is 11.6 Å². The molecule has 4 aromatic rings.